The maximum atomic E-state index is 12.7. The van der Waals surface area contributed by atoms with E-state index in [0.29, 0.717) is 12.8 Å². The van der Waals surface area contributed by atoms with Gasteiger partial charge in [0.1, 0.15) is 30.5 Å². The zero-order valence-electron chi connectivity index (χ0n) is 28.1. The van der Waals surface area contributed by atoms with Gasteiger partial charge in [-0.3, -0.25) is 0 Å². The topological polar surface area (TPSA) is 179 Å². The molecule has 8 aliphatic rings. The molecule has 2 bridgehead atoms. The fraction of sp³-hybridized carbons (Fsp3) is 1.00. The SMILES string of the molecule is CC(C)(O)[C@H]1O[C@@]23O[C@@H]1C[C@@H](CO)[C@H]2[C@@]1(C)[C@H](O)C[C@@]24C[C@@]25CC[C@H](O[C@@H]2OC[C@H](O)[C@H](O)[C@H]2O)C(C)(C)[C@@H]5CC[C@@H]4[C@]1(C)[C@H]3O. The molecule has 3 saturated heterocycles. The van der Waals surface area contributed by atoms with Gasteiger partial charge in [0.25, 0.3) is 0 Å². The molecule has 0 radical (unpaired) electrons. The summed E-state index contributed by atoms with van der Waals surface area (Å²) < 4.78 is 25.5. The Hall–Kier alpha value is -0.440. The monoisotopic (exact) mass is 652 g/mol. The molecule has 5 saturated carbocycles. The number of rotatable bonds is 4. The summed E-state index contributed by atoms with van der Waals surface area (Å²) in [5, 5.41) is 77.8. The third-order valence-corrected chi connectivity index (χ3v) is 16.0. The van der Waals surface area contributed by atoms with E-state index in [9.17, 15) is 35.7 Å². The van der Waals surface area contributed by atoms with Gasteiger partial charge in [-0.05, 0) is 92.8 Å². The van der Waals surface area contributed by atoms with Crippen LogP contribution in [0.1, 0.15) is 86.5 Å². The second-order valence-electron chi connectivity index (χ2n) is 18.3. The Morgan fingerprint density at radius 1 is 0.870 bits per heavy atom. The molecule has 0 aromatic carbocycles. The van der Waals surface area contributed by atoms with Gasteiger partial charge in [-0.1, -0.05) is 27.7 Å². The molecule has 11 heteroatoms. The summed E-state index contributed by atoms with van der Waals surface area (Å²) in [5.74, 6) is -1.73. The highest BCUT2D eigenvalue weighted by atomic mass is 16.8. The van der Waals surface area contributed by atoms with Gasteiger partial charge in [-0.25, -0.2) is 0 Å². The summed E-state index contributed by atoms with van der Waals surface area (Å²) in [4.78, 5) is 0. The van der Waals surface area contributed by atoms with Crippen molar-refractivity contribution < 1.29 is 54.7 Å². The lowest BCUT2D eigenvalue weighted by Gasteiger charge is -2.65. The van der Waals surface area contributed by atoms with Crippen molar-refractivity contribution >= 4 is 0 Å². The van der Waals surface area contributed by atoms with Crippen LogP contribution < -0.4 is 0 Å². The van der Waals surface area contributed by atoms with E-state index in [1.165, 1.54) is 0 Å². The average molecular weight is 653 g/mol. The predicted octanol–water partition coefficient (Wildman–Crippen LogP) is 1.06. The van der Waals surface area contributed by atoms with Gasteiger partial charge in [0.15, 0.2) is 12.1 Å². The van der Waals surface area contributed by atoms with E-state index in [0.717, 1.165) is 32.1 Å². The Morgan fingerprint density at radius 2 is 1.57 bits per heavy atom. The van der Waals surface area contributed by atoms with Gasteiger partial charge in [0.2, 0.25) is 0 Å². The molecule has 0 aromatic heterocycles. The fourth-order valence-electron chi connectivity index (χ4n) is 13.9. The maximum absolute atomic E-state index is 12.7. The van der Waals surface area contributed by atoms with E-state index < -0.39 is 77.2 Å². The number of ether oxygens (including phenoxy) is 4. The van der Waals surface area contributed by atoms with Crippen LogP contribution in [0.3, 0.4) is 0 Å². The van der Waals surface area contributed by atoms with Crippen molar-refractivity contribution in [3.8, 4) is 0 Å². The Balaban J connectivity index is 1.13. The van der Waals surface area contributed by atoms with Gasteiger partial charge in [-0.2, -0.15) is 0 Å². The lowest BCUT2D eigenvalue weighted by Crippen LogP contribution is -2.64. The first-order valence-electron chi connectivity index (χ1n) is 17.7. The largest absolute Gasteiger partial charge is 0.396 e. The molecule has 18 atom stereocenters. The quantitative estimate of drug-likeness (QED) is 0.216. The normalized spacial score (nSPS) is 61.6. The van der Waals surface area contributed by atoms with Crippen molar-refractivity contribution in [1.29, 1.82) is 0 Å². The summed E-state index contributed by atoms with van der Waals surface area (Å²) in [6, 6.07) is 0. The van der Waals surface area contributed by atoms with Crippen LogP contribution in [-0.2, 0) is 18.9 Å². The van der Waals surface area contributed by atoms with Gasteiger partial charge in [-0.15, -0.1) is 0 Å². The second-order valence-corrected chi connectivity index (χ2v) is 18.3. The Kier molecular flexibility index (Phi) is 6.88. The van der Waals surface area contributed by atoms with E-state index in [1.54, 1.807) is 13.8 Å². The minimum Gasteiger partial charge on any atom is -0.396 e. The van der Waals surface area contributed by atoms with E-state index in [4.69, 9.17) is 18.9 Å². The van der Waals surface area contributed by atoms with Crippen molar-refractivity contribution in [2.75, 3.05) is 13.2 Å². The van der Waals surface area contributed by atoms with Crippen molar-refractivity contribution in [2.24, 2.45) is 50.7 Å². The molecule has 0 unspecified atom stereocenters. The Bertz CT molecular complexity index is 1260. The third kappa shape index (κ3) is 3.58. The molecule has 3 spiro atoms. The van der Waals surface area contributed by atoms with Gasteiger partial charge in [0.05, 0.1) is 30.5 Å². The Labute approximate surface area is 271 Å². The van der Waals surface area contributed by atoms with Crippen LogP contribution >= 0.6 is 0 Å². The van der Waals surface area contributed by atoms with E-state index in [2.05, 4.69) is 27.7 Å². The molecule has 8 rings (SSSR count). The molecule has 262 valence electrons. The van der Waals surface area contributed by atoms with Crippen LogP contribution in [0.2, 0.25) is 0 Å². The lowest BCUT2D eigenvalue weighted by atomic mass is 9.40. The zero-order chi connectivity index (χ0) is 33.2. The van der Waals surface area contributed by atoms with Crippen LogP contribution in [0.15, 0.2) is 0 Å². The summed E-state index contributed by atoms with van der Waals surface area (Å²) in [6.07, 6.45) is -2.52. The van der Waals surface area contributed by atoms with Gasteiger partial charge >= 0.3 is 0 Å². The smallest absolute Gasteiger partial charge is 0.199 e. The van der Waals surface area contributed by atoms with Crippen molar-refractivity contribution in [3.63, 3.8) is 0 Å². The van der Waals surface area contributed by atoms with E-state index in [1.807, 2.05) is 0 Å². The summed E-state index contributed by atoms with van der Waals surface area (Å²) in [6.45, 7) is 11.9. The standard InChI is InChI=1S/C35H56O11/c1-29(2)19-7-8-20-31(5)28(41)35-25(16(13-36)11-18(45-35)26(46-35)30(3,4)42)32(31,6)21(38)12-34(20)15-33(19,34)10-9-22(29)44-27-24(40)23(39)17(37)14-43-27/h16-28,36-42H,7-15H2,1-6H3/t16-,17-,18+,19-,20+,21+,22-,23-,24+,25-,26-,27-,28+,31+,32+,33+,34-,35-/m0/s1. The number of hydrogen-bond acceptors (Lipinski definition) is 11. The Morgan fingerprint density at radius 3 is 2.24 bits per heavy atom. The van der Waals surface area contributed by atoms with Crippen LogP contribution in [0.5, 0.6) is 0 Å². The molecule has 0 amide bonds. The van der Waals surface area contributed by atoms with Crippen LogP contribution in [0.4, 0.5) is 0 Å². The maximum Gasteiger partial charge on any atom is 0.199 e. The molecule has 5 aliphatic carbocycles. The van der Waals surface area contributed by atoms with Crippen molar-refractivity contribution in [2.45, 2.75) is 153 Å². The van der Waals surface area contributed by atoms with Gasteiger partial charge in [0, 0.05) is 23.4 Å². The van der Waals surface area contributed by atoms with E-state index in [-0.39, 0.29) is 53.3 Å². The molecule has 0 aromatic rings. The molecule has 7 N–H and O–H groups in total. The third-order valence-electron chi connectivity index (χ3n) is 16.0. The molecular weight excluding hydrogens is 596 g/mol. The first-order valence-corrected chi connectivity index (χ1v) is 17.7. The van der Waals surface area contributed by atoms with Crippen LogP contribution in [-0.4, -0.2) is 115 Å². The molecular formula is C35H56O11. The lowest BCUT2D eigenvalue weighted by molar-refractivity contribution is -0.304. The summed E-state index contributed by atoms with van der Waals surface area (Å²) >= 11 is 0. The number of aliphatic hydroxyl groups is 7. The highest BCUT2D eigenvalue weighted by Crippen LogP contribution is 2.90. The van der Waals surface area contributed by atoms with Crippen LogP contribution in [0.25, 0.3) is 0 Å². The van der Waals surface area contributed by atoms with Gasteiger partial charge < -0.3 is 54.7 Å². The number of fused-ring (bicyclic) bond motifs is 4. The summed E-state index contributed by atoms with van der Waals surface area (Å²) in [5.41, 5.74) is -3.28. The predicted molar refractivity (Wildman–Crippen MR) is 162 cm³/mol. The van der Waals surface area contributed by atoms with Crippen molar-refractivity contribution in [1.82, 2.24) is 0 Å². The fourth-order valence-corrected chi connectivity index (χ4v) is 13.9. The minimum atomic E-state index is -1.42. The number of aliphatic hydroxyl groups excluding tert-OH is 6. The molecule has 46 heavy (non-hydrogen) atoms. The number of hydrogen-bond donors (Lipinski definition) is 7. The molecule has 3 aliphatic heterocycles. The molecule has 3 heterocycles. The second kappa shape index (κ2) is 9.66. The highest BCUT2D eigenvalue weighted by Gasteiger charge is 2.90. The molecule has 11 nitrogen and oxygen atoms in total. The highest BCUT2D eigenvalue weighted by molar-refractivity contribution is 5.36. The van der Waals surface area contributed by atoms with Crippen LogP contribution in [0, 0.1) is 50.7 Å². The van der Waals surface area contributed by atoms with E-state index >= 15 is 0 Å². The first kappa shape index (κ1) is 32.7. The van der Waals surface area contributed by atoms with Crippen molar-refractivity contribution in [3.05, 3.63) is 0 Å². The zero-order valence-corrected chi connectivity index (χ0v) is 28.1. The first-order chi connectivity index (χ1) is 21.4. The minimum absolute atomic E-state index is 0.0383. The summed E-state index contributed by atoms with van der Waals surface area (Å²) in [7, 11) is 0. The average Bonchev–Trinajstić information content (AvgIpc) is 3.48. The molecule has 8 fully saturated rings.